The Labute approximate surface area is 126 Å². The van der Waals surface area contributed by atoms with Gasteiger partial charge >= 0.3 is 5.97 Å². The molecule has 1 aromatic carbocycles. The highest BCUT2D eigenvalue weighted by atomic mass is 16.5. The monoisotopic (exact) mass is 292 g/mol. The van der Waals surface area contributed by atoms with Crippen molar-refractivity contribution < 1.29 is 14.3 Å². The largest absolute Gasteiger partial charge is 0.462 e. The molecule has 1 atom stereocenters. The van der Waals surface area contributed by atoms with E-state index < -0.39 is 0 Å². The summed E-state index contributed by atoms with van der Waals surface area (Å²) in [6.45, 7) is 6.69. The summed E-state index contributed by atoms with van der Waals surface area (Å²) in [4.78, 5) is 14.0. The number of carbonyl (C=O) groups is 1. The van der Waals surface area contributed by atoms with Gasteiger partial charge in [0.25, 0.3) is 0 Å². The normalized spacial score (nSPS) is 17.7. The molecule has 1 heterocycles. The van der Waals surface area contributed by atoms with Crippen molar-refractivity contribution in [2.45, 2.75) is 32.8 Å². The van der Waals surface area contributed by atoms with Crippen molar-refractivity contribution in [2.75, 3.05) is 36.9 Å². The van der Waals surface area contributed by atoms with Crippen LogP contribution in [0.2, 0.25) is 0 Å². The first kappa shape index (κ1) is 15.6. The third kappa shape index (κ3) is 3.88. The standard InChI is InChI=1S/C16H24N2O3/c1-3-18(11-13-6-5-9-21-13)15-10-12(7-8-14(15)17)16(19)20-4-2/h7-8,10,13H,3-6,9,11,17H2,1-2H3. The molecule has 2 rings (SSSR count). The third-order valence-electron chi connectivity index (χ3n) is 3.71. The van der Waals surface area contributed by atoms with Gasteiger partial charge in [-0.3, -0.25) is 0 Å². The summed E-state index contributed by atoms with van der Waals surface area (Å²) in [6.07, 6.45) is 2.43. The van der Waals surface area contributed by atoms with Crippen LogP contribution in [-0.2, 0) is 9.47 Å². The zero-order valence-corrected chi connectivity index (χ0v) is 12.8. The molecule has 1 saturated heterocycles. The molecule has 2 N–H and O–H groups in total. The number of nitrogen functional groups attached to an aromatic ring is 1. The van der Waals surface area contributed by atoms with E-state index in [1.54, 1.807) is 19.1 Å². The van der Waals surface area contributed by atoms with Crippen molar-refractivity contribution in [2.24, 2.45) is 0 Å². The maximum Gasteiger partial charge on any atom is 0.338 e. The smallest absolute Gasteiger partial charge is 0.338 e. The summed E-state index contributed by atoms with van der Waals surface area (Å²) >= 11 is 0. The molecule has 1 aliphatic rings. The Hall–Kier alpha value is -1.75. The van der Waals surface area contributed by atoms with E-state index in [0.717, 1.165) is 38.2 Å². The van der Waals surface area contributed by atoms with Crippen molar-refractivity contribution >= 4 is 17.3 Å². The van der Waals surface area contributed by atoms with Crippen molar-refractivity contribution in [3.8, 4) is 0 Å². The van der Waals surface area contributed by atoms with E-state index in [1.165, 1.54) is 0 Å². The van der Waals surface area contributed by atoms with Crippen molar-refractivity contribution in [3.63, 3.8) is 0 Å². The quantitative estimate of drug-likeness (QED) is 0.644. The summed E-state index contributed by atoms with van der Waals surface area (Å²) in [7, 11) is 0. The minimum atomic E-state index is -0.313. The lowest BCUT2D eigenvalue weighted by molar-refractivity contribution is 0.0526. The van der Waals surface area contributed by atoms with Gasteiger partial charge in [0.1, 0.15) is 0 Å². The number of ether oxygens (including phenoxy) is 2. The summed E-state index contributed by atoms with van der Waals surface area (Å²) < 4.78 is 10.7. The maximum absolute atomic E-state index is 11.9. The van der Waals surface area contributed by atoms with Crippen molar-refractivity contribution in [1.29, 1.82) is 0 Å². The van der Waals surface area contributed by atoms with E-state index in [0.29, 0.717) is 17.9 Å². The molecule has 1 fully saturated rings. The van der Waals surface area contributed by atoms with Gasteiger partial charge in [-0.1, -0.05) is 0 Å². The molecule has 5 nitrogen and oxygen atoms in total. The minimum absolute atomic E-state index is 0.246. The van der Waals surface area contributed by atoms with Gasteiger partial charge in [-0.15, -0.1) is 0 Å². The molecule has 0 spiro atoms. The van der Waals surface area contributed by atoms with Crippen LogP contribution in [-0.4, -0.2) is 38.4 Å². The highest BCUT2D eigenvalue weighted by Crippen LogP contribution is 2.26. The summed E-state index contributed by atoms with van der Waals surface area (Å²) in [6, 6.07) is 5.28. The topological polar surface area (TPSA) is 64.8 Å². The lowest BCUT2D eigenvalue weighted by Crippen LogP contribution is -2.32. The molecule has 0 radical (unpaired) electrons. The zero-order valence-electron chi connectivity index (χ0n) is 12.8. The van der Waals surface area contributed by atoms with Gasteiger partial charge in [0.05, 0.1) is 29.6 Å². The van der Waals surface area contributed by atoms with E-state index in [4.69, 9.17) is 15.2 Å². The Morgan fingerprint density at radius 2 is 2.29 bits per heavy atom. The van der Waals surface area contributed by atoms with Gasteiger partial charge in [-0.05, 0) is 44.9 Å². The molecule has 0 aromatic heterocycles. The van der Waals surface area contributed by atoms with Crippen LogP contribution in [0, 0.1) is 0 Å². The molecule has 116 valence electrons. The number of anilines is 2. The molecule has 0 saturated carbocycles. The summed E-state index contributed by atoms with van der Waals surface area (Å²) in [5, 5.41) is 0. The highest BCUT2D eigenvalue weighted by molar-refractivity contribution is 5.92. The molecule has 21 heavy (non-hydrogen) atoms. The molecular weight excluding hydrogens is 268 g/mol. The number of hydrogen-bond acceptors (Lipinski definition) is 5. The second-order valence-corrected chi connectivity index (χ2v) is 5.17. The molecule has 1 aliphatic heterocycles. The Kier molecular flexibility index (Phi) is 5.44. The third-order valence-corrected chi connectivity index (χ3v) is 3.71. The maximum atomic E-state index is 11.9. The molecule has 0 bridgehead atoms. The van der Waals surface area contributed by atoms with Crippen LogP contribution in [0.1, 0.15) is 37.0 Å². The second-order valence-electron chi connectivity index (χ2n) is 5.17. The van der Waals surface area contributed by atoms with Crippen LogP contribution in [0.15, 0.2) is 18.2 Å². The van der Waals surface area contributed by atoms with Crippen LogP contribution < -0.4 is 10.6 Å². The fraction of sp³-hybridized carbons (Fsp3) is 0.562. The number of hydrogen-bond donors (Lipinski definition) is 1. The van der Waals surface area contributed by atoms with Gasteiger partial charge in [-0.2, -0.15) is 0 Å². The molecular formula is C16H24N2O3. The molecule has 1 unspecified atom stereocenters. The van der Waals surface area contributed by atoms with E-state index >= 15 is 0 Å². The van der Waals surface area contributed by atoms with Gasteiger partial charge < -0.3 is 20.1 Å². The minimum Gasteiger partial charge on any atom is -0.462 e. The van der Waals surface area contributed by atoms with E-state index in [9.17, 15) is 4.79 Å². The van der Waals surface area contributed by atoms with Gasteiger partial charge in [0.15, 0.2) is 0 Å². The van der Waals surface area contributed by atoms with Gasteiger partial charge in [0.2, 0.25) is 0 Å². The fourth-order valence-corrected chi connectivity index (χ4v) is 2.59. The molecule has 0 aliphatic carbocycles. The van der Waals surface area contributed by atoms with E-state index in [2.05, 4.69) is 11.8 Å². The van der Waals surface area contributed by atoms with E-state index in [-0.39, 0.29) is 12.1 Å². The highest BCUT2D eigenvalue weighted by Gasteiger charge is 2.20. The second kappa shape index (κ2) is 7.31. The lowest BCUT2D eigenvalue weighted by atomic mass is 10.1. The van der Waals surface area contributed by atoms with Crippen molar-refractivity contribution in [3.05, 3.63) is 23.8 Å². The van der Waals surface area contributed by atoms with Gasteiger partial charge in [-0.25, -0.2) is 4.79 Å². The first-order chi connectivity index (χ1) is 10.2. The number of nitrogens with zero attached hydrogens (tertiary/aromatic N) is 1. The molecule has 0 amide bonds. The Bertz CT molecular complexity index is 484. The Morgan fingerprint density at radius 3 is 2.90 bits per heavy atom. The zero-order chi connectivity index (χ0) is 15.2. The van der Waals surface area contributed by atoms with Crippen LogP contribution in [0.25, 0.3) is 0 Å². The van der Waals surface area contributed by atoms with Crippen LogP contribution in [0.4, 0.5) is 11.4 Å². The predicted octanol–water partition coefficient (Wildman–Crippen LogP) is 2.45. The predicted molar refractivity (Wildman–Crippen MR) is 83.7 cm³/mol. The lowest BCUT2D eigenvalue weighted by Gasteiger charge is -2.27. The van der Waals surface area contributed by atoms with Crippen LogP contribution in [0.3, 0.4) is 0 Å². The van der Waals surface area contributed by atoms with Crippen LogP contribution in [0.5, 0.6) is 0 Å². The molecule has 1 aromatic rings. The van der Waals surface area contributed by atoms with E-state index in [1.807, 2.05) is 6.07 Å². The van der Waals surface area contributed by atoms with Gasteiger partial charge in [0, 0.05) is 19.7 Å². The molecule has 5 heteroatoms. The first-order valence-electron chi connectivity index (χ1n) is 7.58. The Morgan fingerprint density at radius 1 is 1.48 bits per heavy atom. The number of benzene rings is 1. The number of likely N-dealkylation sites (N-methyl/N-ethyl adjacent to an activating group) is 1. The average molecular weight is 292 g/mol. The summed E-state index contributed by atoms with van der Waals surface area (Å²) in [5.74, 6) is -0.313. The summed E-state index contributed by atoms with van der Waals surface area (Å²) in [5.41, 5.74) is 8.16. The average Bonchev–Trinajstić information content (AvgIpc) is 2.99. The number of carbonyl (C=O) groups excluding carboxylic acids is 1. The number of esters is 1. The van der Waals surface area contributed by atoms with Crippen molar-refractivity contribution in [1.82, 2.24) is 0 Å². The van der Waals surface area contributed by atoms with Crippen LogP contribution >= 0.6 is 0 Å². The first-order valence-corrected chi connectivity index (χ1v) is 7.58. The SMILES string of the molecule is CCOC(=O)c1ccc(N)c(N(CC)CC2CCCO2)c1. The fourth-order valence-electron chi connectivity index (χ4n) is 2.59. The Balaban J connectivity index is 2.18. The number of rotatable bonds is 6. The number of nitrogens with two attached hydrogens (primary N) is 1.